The molecule has 3 rings (SSSR count). The summed E-state index contributed by atoms with van der Waals surface area (Å²) in [6, 6.07) is 6.45. The summed E-state index contributed by atoms with van der Waals surface area (Å²) < 4.78 is 10.4. The molecular weight excluding hydrogens is 340 g/mol. The minimum atomic E-state index is -0.631. The van der Waals surface area contributed by atoms with E-state index in [0.717, 1.165) is 16.7 Å². The van der Waals surface area contributed by atoms with Crippen LogP contribution in [0.5, 0.6) is 0 Å². The van der Waals surface area contributed by atoms with Crippen molar-refractivity contribution in [1.29, 1.82) is 0 Å². The van der Waals surface area contributed by atoms with E-state index < -0.39 is 11.9 Å². The Morgan fingerprint density at radius 2 is 1.67 bits per heavy atom. The molecule has 0 aromatic carbocycles. The Hall–Kier alpha value is -2.62. The monoisotopic (exact) mass is 366 g/mol. The number of esters is 2. The molecule has 0 saturated heterocycles. The van der Waals surface area contributed by atoms with Gasteiger partial charge in [0, 0.05) is 0 Å². The van der Waals surface area contributed by atoms with E-state index in [0.29, 0.717) is 12.0 Å². The molecule has 0 spiro atoms. The van der Waals surface area contributed by atoms with Crippen LogP contribution in [0.15, 0.2) is 23.8 Å². The fraction of sp³-hybridized carbons (Fsp3) is 0.391. The molecule has 0 heterocycles. The van der Waals surface area contributed by atoms with E-state index in [9.17, 15) is 9.59 Å². The number of carbonyl (C=O) groups is 2. The van der Waals surface area contributed by atoms with Gasteiger partial charge in [-0.2, -0.15) is 0 Å². The molecule has 3 aliphatic carbocycles. The first kappa shape index (κ1) is 19.2. The quantitative estimate of drug-likeness (QED) is 0.753. The predicted octanol–water partition coefficient (Wildman–Crippen LogP) is 4.40. The second kappa shape index (κ2) is 7.55. The van der Waals surface area contributed by atoms with E-state index in [1.807, 2.05) is 6.08 Å². The third-order valence-electron chi connectivity index (χ3n) is 5.10. The molecule has 0 bridgehead atoms. The molecule has 0 saturated carbocycles. The highest BCUT2D eigenvalue weighted by atomic mass is 16.5. The molecule has 1 atom stereocenters. The van der Waals surface area contributed by atoms with Crippen molar-refractivity contribution in [2.24, 2.45) is 5.92 Å². The van der Waals surface area contributed by atoms with Crippen molar-refractivity contribution < 1.29 is 19.1 Å². The highest BCUT2D eigenvalue weighted by molar-refractivity contribution is 6.02. The molecular formula is C23H26O4. The van der Waals surface area contributed by atoms with Crippen molar-refractivity contribution in [2.45, 2.75) is 41.0 Å². The molecule has 0 N–H and O–H groups in total. The molecule has 142 valence electrons. The summed E-state index contributed by atoms with van der Waals surface area (Å²) >= 11 is 0. The van der Waals surface area contributed by atoms with Crippen LogP contribution in [-0.4, -0.2) is 25.2 Å². The molecule has 0 radical (unpaired) electrons. The number of hydrogen-bond donors (Lipinski definition) is 0. The van der Waals surface area contributed by atoms with Crippen LogP contribution in [0.3, 0.4) is 0 Å². The van der Waals surface area contributed by atoms with E-state index in [-0.39, 0.29) is 19.2 Å². The van der Waals surface area contributed by atoms with Crippen molar-refractivity contribution in [2.75, 3.05) is 13.2 Å². The van der Waals surface area contributed by atoms with Gasteiger partial charge in [-0.05, 0) is 86.6 Å². The third-order valence-corrected chi connectivity index (χ3v) is 5.10. The maximum Gasteiger partial charge on any atom is 0.334 e. The topological polar surface area (TPSA) is 52.6 Å². The Balaban J connectivity index is 2.20. The average molecular weight is 366 g/mol. The van der Waals surface area contributed by atoms with E-state index >= 15 is 0 Å². The molecule has 0 aromatic heterocycles. The van der Waals surface area contributed by atoms with E-state index in [1.165, 1.54) is 22.3 Å². The van der Waals surface area contributed by atoms with Gasteiger partial charge in [0.05, 0.1) is 24.7 Å². The SMILES string of the molecule is CCOC(=O)C1=Cc2cc3c(C)cc(C)cc(C)c-3c2CC1C(=O)OCC. The van der Waals surface area contributed by atoms with Crippen LogP contribution in [0.25, 0.3) is 17.2 Å². The number of rotatable bonds is 4. The van der Waals surface area contributed by atoms with Gasteiger partial charge in [0.2, 0.25) is 0 Å². The zero-order chi connectivity index (χ0) is 19.7. The maximum atomic E-state index is 12.6. The molecule has 0 amide bonds. The van der Waals surface area contributed by atoms with Crippen molar-refractivity contribution in [1.82, 2.24) is 0 Å². The summed E-state index contributed by atoms with van der Waals surface area (Å²) in [6.45, 7) is 10.4. The Bertz CT molecular complexity index is 907. The Kier molecular flexibility index (Phi) is 5.36. The summed E-state index contributed by atoms with van der Waals surface area (Å²) in [5.74, 6) is -1.45. The average Bonchev–Trinajstić information content (AvgIpc) is 2.94. The van der Waals surface area contributed by atoms with Crippen LogP contribution in [0, 0.1) is 26.7 Å². The van der Waals surface area contributed by atoms with Gasteiger partial charge in [0.15, 0.2) is 0 Å². The van der Waals surface area contributed by atoms with Crippen molar-refractivity contribution in [3.63, 3.8) is 0 Å². The van der Waals surface area contributed by atoms with Crippen LogP contribution < -0.4 is 0 Å². The summed E-state index contributed by atoms with van der Waals surface area (Å²) in [4.78, 5) is 25.1. The highest BCUT2D eigenvalue weighted by Gasteiger charge is 2.36. The molecule has 4 nitrogen and oxygen atoms in total. The van der Waals surface area contributed by atoms with Crippen molar-refractivity contribution in [3.05, 3.63) is 51.6 Å². The smallest absolute Gasteiger partial charge is 0.334 e. The van der Waals surface area contributed by atoms with E-state index in [1.54, 1.807) is 13.8 Å². The van der Waals surface area contributed by atoms with Crippen molar-refractivity contribution in [3.8, 4) is 11.1 Å². The Morgan fingerprint density at radius 3 is 2.33 bits per heavy atom. The first-order valence-corrected chi connectivity index (χ1v) is 9.46. The van der Waals surface area contributed by atoms with Gasteiger partial charge < -0.3 is 9.47 Å². The fourth-order valence-corrected chi connectivity index (χ4v) is 4.06. The lowest BCUT2D eigenvalue weighted by Crippen LogP contribution is -2.29. The van der Waals surface area contributed by atoms with Gasteiger partial charge in [-0.1, -0.05) is 17.7 Å². The number of carbonyl (C=O) groups excluding carboxylic acids is 2. The maximum absolute atomic E-state index is 12.6. The molecule has 0 aliphatic heterocycles. The molecule has 3 aliphatic rings. The second-order valence-corrected chi connectivity index (χ2v) is 7.09. The number of fused-ring (bicyclic) bond motifs is 3. The number of hydrogen-bond acceptors (Lipinski definition) is 4. The van der Waals surface area contributed by atoms with Crippen LogP contribution in [0.4, 0.5) is 0 Å². The second-order valence-electron chi connectivity index (χ2n) is 7.09. The van der Waals surface area contributed by atoms with Gasteiger partial charge in [-0.3, -0.25) is 4.79 Å². The fourth-order valence-electron chi connectivity index (χ4n) is 4.06. The molecule has 0 fully saturated rings. The summed E-state index contributed by atoms with van der Waals surface area (Å²) in [6.07, 6.45) is 2.26. The van der Waals surface area contributed by atoms with Crippen LogP contribution in [-0.2, 0) is 25.5 Å². The summed E-state index contributed by atoms with van der Waals surface area (Å²) in [7, 11) is 0. The summed E-state index contributed by atoms with van der Waals surface area (Å²) in [5, 5.41) is 0. The minimum absolute atomic E-state index is 0.273. The lowest BCUT2D eigenvalue weighted by molar-refractivity contribution is -0.150. The first-order chi connectivity index (χ1) is 12.9. The Morgan fingerprint density at radius 1 is 1.00 bits per heavy atom. The van der Waals surface area contributed by atoms with Gasteiger partial charge in [-0.15, -0.1) is 0 Å². The number of ether oxygens (including phenoxy) is 2. The predicted molar refractivity (Wildman–Crippen MR) is 106 cm³/mol. The van der Waals surface area contributed by atoms with E-state index in [4.69, 9.17) is 9.47 Å². The highest BCUT2D eigenvalue weighted by Crippen LogP contribution is 2.43. The molecule has 1 unspecified atom stereocenters. The zero-order valence-electron chi connectivity index (χ0n) is 16.6. The lowest BCUT2D eigenvalue weighted by atomic mass is 9.83. The van der Waals surface area contributed by atoms with Gasteiger partial charge in [0.25, 0.3) is 0 Å². The molecule has 4 heteroatoms. The molecule has 27 heavy (non-hydrogen) atoms. The van der Waals surface area contributed by atoms with Gasteiger partial charge in [-0.25, -0.2) is 4.79 Å². The van der Waals surface area contributed by atoms with Crippen LogP contribution >= 0.6 is 0 Å². The zero-order valence-corrected chi connectivity index (χ0v) is 16.6. The largest absolute Gasteiger partial charge is 0.466 e. The standard InChI is InChI=1S/C23H26O4/c1-6-26-22(24)19-11-16-10-17-14(4)8-13(3)9-15(5)21(17)18(16)12-20(19)23(25)27-7-2/h8-11,20H,6-7,12H2,1-5H3. The third kappa shape index (κ3) is 3.48. The van der Waals surface area contributed by atoms with Crippen LogP contribution in [0.1, 0.15) is 41.7 Å². The van der Waals surface area contributed by atoms with Crippen molar-refractivity contribution >= 4 is 18.0 Å². The Labute approximate surface area is 160 Å². The number of aryl methyl sites for hydroxylation is 3. The van der Waals surface area contributed by atoms with Gasteiger partial charge >= 0.3 is 11.9 Å². The minimum Gasteiger partial charge on any atom is -0.466 e. The lowest BCUT2D eigenvalue weighted by Gasteiger charge is -2.23. The van der Waals surface area contributed by atoms with Gasteiger partial charge in [0.1, 0.15) is 0 Å². The normalized spacial score (nSPS) is 15.9. The van der Waals surface area contributed by atoms with E-state index in [2.05, 4.69) is 39.0 Å². The molecule has 0 aromatic rings. The summed E-state index contributed by atoms with van der Waals surface area (Å²) in [5.41, 5.74) is 8.37. The van der Waals surface area contributed by atoms with Crippen LogP contribution in [0.2, 0.25) is 0 Å². The first-order valence-electron chi connectivity index (χ1n) is 9.46.